The van der Waals surface area contributed by atoms with Gasteiger partial charge in [-0.15, -0.1) is 11.3 Å². The van der Waals surface area contributed by atoms with Crippen molar-refractivity contribution in [2.24, 2.45) is 5.92 Å². The number of hydrazine groups is 1. The van der Waals surface area contributed by atoms with Crippen molar-refractivity contribution in [2.45, 2.75) is 32.9 Å². The number of nitrogens with one attached hydrogen (secondary N) is 3. The summed E-state index contributed by atoms with van der Waals surface area (Å²) < 4.78 is 0. The molecule has 10 nitrogen and oxygen atoms in total. The second-order valence-electron chi connectivity index (χ2n) is 8.61. The van der Waals surface area contributed by atoms with Gasteiger partial charge in [0.25, 0.3) is 17.7 Å². The number of halogens is 1. The molecule has 0 aliphatic carbocycles. The lowest BCUT2D eigenvalue weighted by molar-refractivity contribution is -0.148. The van der Waals surface area contributed by atoms with Gasteiger partial charge in [0.15, 0.2) is 5.01 Å². The van der Waals surface area contributed by atoms with Crippen LogP contribution in [-0.2, 0) is 16.1 Å². The molecule has 0 spiro atoms. The molecule has 186 valence electrons. The fourth-order valence-electron chi connectivity index (χ4n) is 4.20. The second kappa shape index (κ2) is 10.3. The number of thiazole rings is 1. The van der Waals surface area contributed by atoms with Gasteiger partial charge in [-0.25, -0.2) is 9.99 Å². The van der Waals surface area contributed by atoms with Crippen LogP contribution < -0.4 is 16.0 Å². The summed E-state index contributed by atoms with van der Waals surface area (Å²) in [7, 11) is 1.49. The van der Waals surface area contributed by atoms with E-state index in [0.717, 1.165) is 35.4 Å². The molecule has 4 amide bonds. The number of hydrogen-bond acceptors (Lipinski definition) is 7. The van der Waals surface area contributed by atoms with Crippen LogP contribution in [-0.4, -0.2) is 65.3 Å². The zero-order chi connectivity index (χ0) is 25.3. The van der Waals surface area contributed by atoms with Gasteiger partial charge in [0.1, 0.15) is 10.9 Å². The van der Waals surface area contributed by atoms with Crippen molar-refractivity contribution in [3.8, 4) is 0 Å². The first-order valence-corrected chi connectivity index (χ1v) is 12.5. The van der Waals surface area contributed by atoms with E-state index in [1.807, 2.05) is 11.1 Å². The molecule has 0 bridgehead atoms. The maximum Gasteiger partial charge on any atom is 0.280 e. The number of carbonyl (C=O) groups excluding carboxylic acids is 4. The largest absolute Gasteiger partial charge is 0.353 e. The van der Waals surface area contributed by atoms with Crippen molar-refractivity contribution in [1.29, 1.82) is 0 Å². The number of aryl methyl sites for hydroxylation is 1. The Hall–Kier alpha value is -3.02. The molecule has 2 aromatic rings. The predicted octanol–water partition coefficient (Wildman–Crippen LogP) is 1.65. The van der Waals surface area contributed by atoms with Crippen LogP contribution in [0.3, 0.4) is 0 Å². The van der Waals surface area contributed by atoms with E-state index < -0.39 is 17.9 Å². The Morgan fingerprint density at radius 2 is 2.03 bits per heavy atom. The first-order valence-electron chi connectivity index (χ1n) is 11.3. The number of hydrogen-bond donors (Lipinski definition) is 3. The molecule has 4 rings (SSSR count). The minimum absolute atomic E-state index is 0.0571. The van der Waals surface area contributed by atoms with Gasteiger partial charge >= 0.3 is 0 Å². The van der Waals surface area contributed by atoms with Crippen molar-refractivity contribution in [3.05, 3.63) is 49.9 Å². The molecule has 12 heteroatoms. The average molecular weight is 519 g/mol. The molecule has 1 fully saturated rings. The van der Waals surface area contributed by atoms with Crippen molar-refractivity contribution < 1.29 is 19.2 Å². The molecule has 1 aromatic heterocycles. The summed E-state index contributed by atoms with van der Waals surface area (Å²) in [5.74, 6) is -1.92. The maximum absolute atomic E-state index is 13.3. The molecule has 2 aliphatic heterocycles. The highest BCUT2D eigenvalue weighted by Crippen LogP contribution is 2.31. The Morgan fingerprint density at radius 1 is 1.26 bits per heavy atom. The van der Waals surface area contributed by atoms with Gasteiger partial charge in [-0.2, -0.15) is 0 Å². The molecule has 3 N–H and O–H groups in total. The Bertz CT molecular complexity index is 1180. The van der Waals surface area contributed by atoms with Crippen LogP contribution in [0.2, 0.25) is 5.02 Å². The Kier molecular flexibility index (Phi) is 7.39. The van der Waals surface area contributed by atoms with E-state index in [9.17, 15) is 19.2 Å². The van der Waals surface area contributed by atoms with E-state index in [-0.39, 0.29) is 29.3 Å². The molecule has 0 radical (unpaired) electrons. The number of carbonyl (C=O) groups is 4. The van der Waals surface area contributed by atoms with Crippen LogP contribution in [0.25, 0.3) is 0 Å². The van der Waals surface area contributed by atoms with Gasteiger partial charge < -0.3 is 16.0 Å². The average Bonchev–Trinajstić information content (AvgIpc) is 3.44. The van der Waals surface area contributed by atoms with Crippen LogP contribution in [0, 0.1) is 12.8 Å². The van der Waals surface area contributed by atoms with Crippen LogP contribution >= 0.6 is 22.9 Å². The van der Waals surface area contributed by atoms with Gasteiger partial charge in [-0.1, -0.05) is 24.6 Å². The topological polar surface area (TPSA) is 124 Å². The molecule has 1 aromatic carbocycles. The third kappa shape index (κ3) is 5.16. The third-order valence-electron chi connectivity index (χ3n) is 6.12. The smallest absolute Gasteiger partial charge is 0.280 e. The number of nitrogens with zero attached hydrogens (tertiary/aromatic N) is 3. The van der Waals surface area contributed by atoms with Crippen molar-refractivity contribution in [1.82, 2.24) is 31.0 Å². The highest BCUT2D eigenvalue weighted by molar-refractivity contribution is 7.15. The summed E-state index contributed by atoms with van der Waals surface area (Å²) in [4.78, 5) is 55.2. The van der Waals surface area contributed by atoms with E-state index in [0.29, 0.717) is 28.7 Å². The predicted molar refractivity (Wildman–Crippen MR) is 131 cm³/mol. The monoisotopic (exact) mass is 518 g/mol. The lowest BCUT2D eigenvalue weighted by Gasteiger charge is -2.28. The lowest BCUT2D eigenvalue weighted by Crippen LogP contribution is -2.47. The number of fused-ring (bicyclic) bond motifs is 2. The summed E-state index contributed by atoms with van der Waals surface area (Å²) in [6.07, 6.45) is 0.864. The van der Waals surface area contributed by atoms with Gasteiger partial charge in [-0.3, -0.25) is 24.2 Å². The van der Waals surface area contributed by atoms with E-state index in [4.69, 9.17) is 11.6 Å². The van der Waals surface area contributed by atoms with Gasteiger partial charge in [0, 0.05) is 38.2 Å². The van der Waals surface area contributed by atoms with Crippen LogP contribution in [0.1, 0.15) is 55.7 Å². The molecule has 0 unspecified atom stereocenters. The fourth-order valence-corrected chi connectivity index (χ4v) is 5.33. The molecule has 0 saturated carbocycles. The summed E-state index contributed by atoms with van der Waals surface area (Å²) >= 11 is 7.19. The number of amides is 4. The minimum Gasteiger partial charge on any atom is -0.353 e. The first-order chi connectivity index (χ1) is 16.7. The minimum atomic E-state index is -0.838. The van der Waals surface area contributed by atoms with Gasteiger partial charge in [0.2, 0.25) is 5.91 Å². The standard InChI is InChI=1S/C23H27ClN6O4S/c1-12(10-26-20(32)18-13(2)27-22(35-18)21(33)25-3)19(31)28-17-16-6-5-15(24)9-14(16)11-29-7-4-8-30(29)23(17)34/h5-6,9,12,17H,4,7-8,10-11H2,1-3H3,(H,25,33)(H,26,32)(H,28,31)/t12-,17-/m1/s1. The van der Waals surface area contributed by atoms with E-state index >= 15 is 0 Å². The maximum atomic E-state index is 13.3. The van der Waals surface area contributed by atoms with Crippen molar-refractivity contribution in [3.63, 3.8) is 0 Å². The quantitative estimate of drug-likeness (QED) is 0.534. The second-order valence-corrected chi connectivity index (χ2v) is 10.0. The van der Waals surface area contributed by atoms with Crippen LogP contribution in [0.4, 0.5) is 0 Å². The fraction of sp³-hybridized carbons (Fsp3) is 0.435. The number of benzene rings is 1. The summed E-state index contributed by atoms with van der Waals surface area (Å²) in [5.41, 5.74) is 2.06. The zero-order valence-corrected chi connectivity index (χ0v) is 21.3. The molecular formula is C23H27ClN6O4S. The zero-order valence-electron chi connectivity index (χ0n) is 19.7. The highest BCUT2D eigenvalue weighted by Gasteiger charge is 2.38. The van der Waals surface area contributed by atoms with Crippen LogP contribution in [0.5, 0.6) is 0 Å². The molecule has 2 aliphatic rings. The lowest BCUT2D eigenvalue weighted by atomic mass is 9.99. The molecule has 35 heavy (non-hydrogen) atoms. The Balaban J connectivity index is 1.44. The van der Waals surface area contributed by atoms with Gasteiger partial charge in [0.05, 0.1) is 11.6 Å². The Morgan fingerprint density at radius 3 is 2.77 bits per heavy atom. The summed E-state index contributed by atoms with van der Waals surface area (Å²) in [6, 6.07) is 4.49. The first kappa shape index (κ1) is 25.1. The Labute approximate surface area is 212 Å². The van der Waals surface area contributed by atoms with Crippen LogP contribution in [0.15, 0.2) is 18.2 Å². The molecule has 3 heterocycles. The molecule has 2 atom stereocenters. The molecule has 1 saturated heterocycles. The van der Waals surface area contributed by atoms with E-state index in [2.05, 4.69) is 20.9 Å². The number of aromatic nitrogens is 1. The van der Waals surface area contributed by atoms with Crippen molar-refractivity contribution >= 4 is 46.6 Å². The normalized spacial score (nSPS) is 18.3. The van der Waals surface area contributed by atoms with Gasteiger partial charge in [-0.05, 0) is 36.6 Å². The third-order valence-corrected chi connectivity index (χ3v) is 7.51. The SMILES string of the molecule is CNC(=O)c1nc(C)c(C(=O)NC[C@@H](C)C(=O)N[C@H]2C(=O)N3CCCN3Cc3cc(Cl)ccc32)s1. The van der Waals surface area contributed by atoms with E-state index in [1.165, 1.54) is 7.05 Å². The highest BCUT2D eigenvalue weighted by atomic mass is 35.5. The van der Waals surface area contributed by atoms with E-state index in [1.54, 1.807) is 31.0 Å². The molecular weight excluding hydrogens is 492 g/mol. The summed E-state index contributed by atoms with van der Waals surface area (Å²) in [5, 5.41) is 12.5. The summed E-state index contributed by atoms with van der Waals surface area (Å²) in [6.45, 7) is 5.30. The number of rotatable bonds is 6. The van der Waals surface area contributed by atoms with Crippen molar-refractivity contribution in [2.75, 3.05) is 26.7 Å².